The molecular formula is C22H25N7S. The number of hydrogen-bond donors (Lipinski definition) is 2. The normalized spacial score (nSPS) is 17.3. The number of piperidine rings is 1. The van der Waals surface area contributed by atoms with E-state index in [2.05, 4.69) is 39.1 Å². The van der Waals surface area contributed by atoms with Crippen LogP contribution in [-0.4, -0.2) is 33.0 Å². The van der Waals surface area contributed by atoms with Gasteiger partial charge >= 0.3 is 0 Å². The first-order chi connectivity index (χ1) is 14.5. The lowest BCUT2D eigenvalue weighted by Crippen LogP contribution is -2.41. The van der Waals surface area contributed by atoms with Crippen molar-refractivity contribution >= 4 is 29.3 Å². The highest BCUT2D eigenvalue weighted by molar-refractivity contribution is 7.99. The van der Waals surface area contributed by atoms with E-state index in [-0.39, 0.29) is 5.95 Å². The molecule has 154 valence electrons. The molecule has 8 heteroatoms. The van der Waals surface area contributed by atoms with Gasteiger partial charge in [-0.1, -0.05) is 24.3 Å². The van der Waals surface area contributed by atoms with Crippen LogP contribution in [0.2, 0.25) is 0 Å². The number of aromatic nitrogens is 4. The predicted molar refractivity (Wildman–Crippen MR) is 119 cm³/mol. The second-order valence-electron chi connectivity index (χ2n) is 8.29. The van der Waals surface area contributed by atoms with Gasteiger partial charge in [-0.2, -0.15) is 0 Å². The third kappa shape index (κ3) is 3.56. The van der Waals surface area contributed by atoms with E-state index in [1.807, 2.05) is 6.92 Å². The summed E-state index contributed by atoms with van der Waals surface area (Å²) in [5, 5.41) is 1.35. The van der Waals surface area contributed by atoms with Crippen LogP contribution in [0.5, 0.6) is 0 Å². The molecule has 1 aliphatic carbocycles. The van der Waals surface area contributed by atoms with Gasteiger partial charge in [0.25, 0.3) is 0 Å². The quantitative estimate of drug-likeness (QED) is 0.623. The fourth-order valence-corrected chi connectivity index (χ4v) is 5.51. The second-order valence-corrected chi connectivity index (χ2v) is 9.30. The van der Waals surface area contributed by atoms with Gasteiger partial charge in [-0.3, -0.25) is 0 Å². The molecule has 30 heavy (non-hydrogen) atoms. The summed E-state index contributed by atoms with van der Waals surface area (Å²) in [6.45, 7) is 3.96. The van der Waals surface area contributed by atoms with Crippen LogP contribution in [-0.2, 0) is 12.8 Å². The van der Waals surface area contributed by atoms with Crippen LogP contribution in [0.25, 0.3) is 0 Å². The largest absolute Gasteiger partial charge is 0.381 e. The highest BCUT2D eigenvalue weighted by atomic mass is 32.2. The van der Waals surface area contributed by atoms with Gasteiger partial charge in [-0.25, -0.2) is 19.9 Å². The maximum atomic E-state index is 6.26. The molecule has 3 aromatic rings. The lowest BCUT2D eigenvalue weighted by atomic mass is 9.76. The van der Waals surface area contributed by atoms with Crippen molar-refractivity contribution in [3.63, 3.8) is 0 Å². The van der Waals surface area contributed by atoms with E-state index in [9.17, 15) is 0 Å². The Hall–Kier alpha value is -2.87. The van der Waals surface area contributed by atoms with E-state index in [1.54, 1.807) is 12.3 Å². The van der Waals surface area contributed by atoms with Gasteiger partial charge in [0.2, 0.25) is 5.95 Å². The minimum Gasteiger partial charge on any atom is -0.381 e. The molecule has 2 aromatic heterocycles. The standard InChI is InChI=1S/C22H25N7S/c1-14-19(28-18(23)20(26-14)30-17-6-9-25-21(24)27-17)29-10-7-22(8-11-29)12-15-4-2-3-5-16(15)13-22/h2-6,9H,7-8,10-13H2,1H3,(H2,23,28)(H2,24,25,27). The van der Waals surface area contributed by atoms with E-state index in [0.717, 1.165) is 24.6 Å². The molecule has 1 aliphatic heterocycles. The molecule has 0 bridgehead atoms. The predicted octanol–water partition coefficient (Wildman–Crippen LogP) is 3.28. The van der Waals surface area contributed by atoms with E-state index in [4.69, 9.17) is 21.4 Å². The Morgan fingerprint density at radius 3 is 2.33 bits per heavy atom. The summed E-state index contributed by atoms with van der Waals surface area (Å²) in [5.41, 5.74) is 16.3. The maximum Gasteiger partial charge on any atom is 0.221 e. The van der Waals surface area contributed by atoms with Gasteiger partial charge < -0.3 is 16.4 Å². The van der Waals surface area contributed by atoms with E-state index < -0.39 is 0 Å². The molecule has 1 aromatic carbocycles. The van der Waals surface area contributed by atoms with Crippen LogP contribution in [0, 0.1) is 12.3 Å². The van der Waals surface area contributed by atoms with Crippen molar-refractivity contribution in [2.45, 2.75) is 42.7 Å². The third-order valence-electron chi connectivity index (χ3n) is 6.26. The summed E-state index contributed by atoms with van der Waals surface area (Å²) in [4.78, 5) is 19.9. The number of aryl methyl sites for hydroxylation is 1. The van der Waals surface area contributed by atoms with E-state index >= 15 is 0 Å². The zero-order valence-corrected chi connectivity index (χ0v) is 17.8. The molecule has 1 saturated heterocycles. The van der Waals surface area contributed by atoms with Gasteiger partial charge in [0.1, 0.15) is 10.1 Å². The first-order valence-electron chi connectivity index (χ1n) is 10.2. The Labute approximate surface area is 180 Å². The van der Waals surface area contributed by atoms with Crippen molar-refractivity contribution in [3.05, 3.63) is 53.3 Å². The van der Waals surface area contributed by atoms with Crippen LogP contribution >= 0.6 is 11.8 Å². The molecule has 0 unspecified atom stereocenters. The summed E-state index contributed by atoms with van der Waals surface area (Å²) in [7, 11) is 0. The number of nitrogen functional groups attached to an aromatic ring is 2. The fourth-order valence-electron chi connectivity index (χ4n) is 4.71. The first kappa shape index (κ1) is 19.1. The molecule has 0 atom stereocenters. The van der Waals surface area contributed by atoms with Gasteiger partial charge in [0.05, 0.1) is 5.69 Å². The number of fused-ring (bicyclic) bond motifs is 1. The van der Waals surface area contributed by atoms with Crippen LogP contribution in [0.4, 0.5) is 17.6 Å². The van der Waals surface area contributed by atoms with Crippen molar-refractivity contribution in [2.24, 2.45) is 5.41 Å². The van der Waals surface area contributed by atoms with Gasteiger partial charge in [0, 0.05) is 19.3 Å². The average molecular weight is 420 g/mol. The minimum atomic E-state index is 0.233. The molecule has 2 aliphatic rings. The fraction of sp³-hybridized carbons (Fsp3) is 0.364. The van der Waals surface area contributed by atoms with Crippen molar-refractivity contribution in [1.29, 1.82) is 0 Å². The molecule has 0 amide bonds. The van der Waals surface area contributed by atoms with Crippen molar-refractivity contribution in [3.8, 4) is 0 Å². The zero-order valence-electron chi connectivity index (χ0n) is 17.0. The van der Waals surface area contributed by atoms with Gasteiger partial charge in [-0.15, -0.1) is 0 Å². The molecule has 3 heterocycles. The topological polar surface area (TPSA) is 107 Å². The average Bonchev–Trinajstić information content (AvgIpc) is 3.09. The minimum absolute atomic E-state index is 0.233. The Morgan fingerprint density at radius 1 is 0.967 bits per heavy atom. The molecule has 5 rings (SSSR count). The maximum absolute atomic E-state index is 6.26. The lowest BCUT2D eigenvalue weighted by Gasteiger charge is -2.40. The smallest absolute Gasteiger partial charge is 0.221 e. The summed E-state index contributed by atoms with van der Waals surface area (Å²) < 4.78 is 0. The number of rotatable bonds is 3. The van der Waals surface area contributed by atoms with Crippen molar-refractivity contribution in [1.82, 2.24) is 19.9 Å². The molecule has 0 radical (unpaired) electrons. The first-order valence-corrected chi connectivity index (χ1v) is 11.1. The molecule has 4 N–H and O–H groups in total. The van der Waals surface area contributed by atoms with Crippen LogP contribution < -0.4 is 16.4 Å². The Balaban J connectivity index is 1.31. The van der Waals surface area contributed by atoms with Crippen LogP contribution in [0.3, 0.4) is 0 Å². The number of anilines is 3. The second kappa shape index (κ2) is 7.43. The Bertz CT molecular complexity index is 1070. The van der Waals surface area contributed by atoms with E-state index in [1.165, 1.54) is 48.6 Å². The summed E-state index contributed by atoms with van der Waals surface area (Å²) >= 11 is 1.36. The monoisotopic (exact) mass is 419 g/mol. The van der Waals surface area contributed by atoms with Gasteiger partial charge in [0.15, 0.2) is 11.6 Å². The van der Waals surface area contributed by atoms with Crippen molar-refractivity contribution in [2.75, 3.05) is 29.5 Å². The number of hydrogen-bond acceptors (Lipinski definition) is 8. The molecule has 7 nitrogen and oxygen atoms in total. The Morgan fingerprint density at radius 2 is 1.67 bits per heavy atom. The number of nitrogens with zero attached hydrogens (tertiary/aromatic N) is 5. The van der Waals surface area contributed by atoms with Gasteiger partial charge in [-0.05, 0) is 67.0 Å². The van der Waals surface area contributed by atoms with Crippen LogP contribution in [0.15, 0.2) is 46.6 Å². The van der Waals surface area contributed by atoms with Crippen molar-refractivity contribution < 1.29 is 0 Å². The number of benzene rings is 1. The summed E-state index contributed by atoms with van der Waals surface area (Å²) in [5.74, 6) is 1.55. The van der Waals surface area contributed by atoms with E-state index in [0.29, 0.717) is 21.3 Å². The Kier molecular flexibility index (Phi) is 4.73. The van der Waals surface area contributed by atoms with Crippen LogP contribution in [0.1, 0.15) is 29.7 Å². The molecule has 0 saturated carbocycles. The summed E-state index contributed by atoms with van der Waals surface area (Å²) in [6, 6.07) is 10.7. The third-order valence-corrected chi connectivity index (χ3v) is 7.19. The SMILES string of the molecule is Cc1nc(Sc2ccnc(N)n2)c(N)nc1N1CCC2(CC1)Cc1ccccc1C2. The molecule has 1 fully saturated rings. The zero-order chi connectivity index (χ0) is 20.7. The number of nitrogens with two attached hydrogens (primary N) is 2. The highest BCUT2D eigenvalue weighted by Crippen LogP contribution is 2.45. The highest BCUT2D eigenvalue weighted by Gasteiger charge is 2.40. The summed E-state index contributed by atoms with van der Waals surface area (Å²) in [6.07, 6.45) is 6.35. The molecule has 1 spiro atoms. The lowest BCUT2D eigenvalue weighted by molar-refractivity contribution is 0.232. The molecular weight excluding hydrogens is 394 g/mol.